The third-order valence-corrected chi connectivity index (χ3v) is 2.55. The standard InChI is InChI=1S/C13H12FN/c1-10(11-5-3-2-4-6-11)12-7-8-15-13(14)9-12/h2-10H,1H3. The van der Waals surface area contributed by atoms with Gasteiger partial charge in [0, 0.05) is 12.1 Å². The van der Waals surface area contributed by atoms with Crippen LogP contribution in [0.4, 0.5) is 4.39 Å². The van der Waals surface area contributed by atoms with Crippen LogP contribution >= 0.6 is 0 Å². The summed E-state index contributed by atoms with van der Waals surface area (Å²) in [6.45, 7) is 2.06. The van der Waals surface area contributed by atoms with Gasteiger partial charge in [0.25, 0.3) is 0 Å². The van der Waals surface area contributed by atoms with Gasteiger partial charge in [0.15, 0.2) is 0 Å². The molecule has 1 nitrogen and oxygen atoms in total. The zero-order valence-electron chi connectivity index (χ0n) is 8.52. The zero-order chi connectivity index (χ0) is 10.7. The quantitative estimate of drug-likeness (QED) is 0.679. The molecule has 0 aliphatic heterocycles. The van der Waals surface area contributed by atoms with E-state index in [1.807, 2.05) is 36.4 Å². The second kappa shape index (κ2) is 4.22. The molecule has 0 saturated carbocycles. The summed E-state index contributed by atoms with van der Waals surface area (Å²) in [6, 6.07) is 13.4. The minimum absolute atomic E-state index is 0.198. The molecule has 0 bridgehead atoms. The highest BCUT2D eigenvalue weighted by atomic mass is 19.1. The van der Waals surface area contributed by atoms with Gasteiger partial charge in [-0.1, -0.05) is 37.3 Å². The van der Waals surface area contributed by atoms with Gasteiger partial charge in [-0.3, -0.25) is 0 Å². The van der Waals surface area contributed by atoms with Crippen LogP contribution in [0.25, 0.3) is 0 Å². The van der Waals surface area contributed by atoms with Gasteiger partial charge in [0.1, 0.15) is 0 Å². The molecule has 0 spiro atoms. The Bertz CT molecular complexity index is 439. The normalized spacial score (nSPS) is 12.4. The van der Waals surface area contributed by atoms with E-state index in [-0.39, 0.29) is 5.92 Å². The summed E-state index contributed by atoms with van der Waals surface area (Å²) in [6.07, 6.45) is 1.50. The Morgan fingerprint density at radius 2 is 1.80 bits per heavy atom. The van der Waals surface area contributed by atoms with E-state index in [1.165, 1.54) is 17.8 Å². The second-order valence-electron chi connectivity index (χ2n) is 3.54. The van der Waals surface area contributed by atoms with Crippen molar-refractivity contribution in [1.29, 1.82) is 0 Å². The first-order valence-electron chi connectivity index (χ1n) is 4.94. The average molecular weight is 201 g/mol. The molecule has 0 amide bonds. The lowest BCUT2D eigenvalue weighted by molar-refractivity contribution is 0.580. The Hall–Kier alpha value is -1.70. The fourth-order valence-corrected chi connectivity index (χ4v) is 1.62. The molecule has 15 heavy (non-hydrogen) atoms. The van der Waals surface area contributed by atoms with Crippen LogP contribution < -0.4 is 0 Å². The van der Waals surface area contributed by atoms with E-state index in [1.54, 1.807) is 0 Å². The largest absolute Gasteiger partial charge is 0.228 e. The van der Waals surface area contributed by atoms with E-state index in [0.717, 1.165) is 5.56 Å². The van der Waals surface area contributed by atoms with Gasteiger partial charge in [-0.15, -0.1) is 0 Å². The Balaban J connectivity index is 2.32. The SMILES string of the molecule is CC(c1ccccc1)c1ccnc(F)c1. The average Bonchev–Trinajstić information content (AvgIpc) is 2.29. The molecule has 0 aliphatic rings. The molecule has 1 unspecified atom stereocenters. The maximum Gasteiger partial charge on any atom is 0.213 e. The lowest BCUT2D eigenvalue weighted by Crippen LogP contribution is -1.97. The molecule has 1 atom stereocenters. The smallest absolute Gasteiger partial charge is 0.213 e. The van der Waals surface area contributed by atoms with Crippen molar-refractivity contribution in [2.24, 2.45) is 0 Å². The molecule has 0 saturated heterocycles. The van der Waals surface area contributed by atoms with Crippen LogP contribution in [-0.2, 0) is 0 Å². The van der Waals surface area contributed by atoms with Gasteiger partial charge in [-0.05, 0) is 23.3 Å². The van der Waals surface area contributed by atoms with Gasteiger partial charge < -0.3 is 0 Å². The van der Waals surface area contributed by atoms with Gasteiger partial charge in [0.05, 0.1) is 0 Å². The number of rotatable bonds is 2. The summed E-state index contributed by atoms with van der Waals surface area (Å²) in [4.78, 5) is 3.55. The number of aromatic nitrogens is 1. The summed E-state index contributed by atoms with van der Waals surface area (Å²) < 4.78 is 12.9. The van der Waals surface area contributed by atoms with Crippen molar-refractivity contribution in [3.63, 3.8) is 0 Å². The fourth-order valence-electron chi connectivity index (χ4n) is 1.62. The van der Waals surface area contributed by atoms with Crippen molar-refractivity contribution in [1.82, 2.24) is 4.98 Å². The molecule has 1 aromatic heterocycles. The number of nitrogens with zero attached hydrogens (tertiary/aromatic N) is 1. The maximum absolute atomic E-state index is 12.9. The molecule has 2 rings (SSSR count). The highest BCUT2D eigenvalue weighted by Crippen LogP contribution is 2.23. The van der Waals surface area contributed by atoms with Crippen LogP contribution in [0.5, 0.6) is 0 Å². The molecule has 0 N–H and O–H groups in total. The second-order valence-corrected chi connectivity index (χ2v) is 3.54. The van der Waals surface area contributed by atoms with Crippen molar-refractivity contribution < 1.29 is 4.39 Å². The molecule has 0 fully saturated rings. The van der Waals surface area contributed by atoms with E-state index >= 15 is 0 Å². The first kappa shape index (κ1) is 9.84. The topological polar surface area (TPSA) is 12.9 Å². The lowest BCUT2D eigenvalue weighted by atomic mass is 9.94. The van der Waals surface area contributed by atoms with Crippen molar-refractivity contribution in [3.05, 3.63) is 65.7 Å². The van der Waals surface area contributed by atoms with E-state index in [2.05, 4.69) is 11.9 Å². The molecule has 0 radical (unpaired) electrons. The van der Waals surface area contributed by atoms with Gasteiger partial charge in [0.2, 0.25) is 5.95 Å². The van der Waals surface area contributed by atoms with Crippen LogP contribution in [0.15, 0.2) is 48.7 Å². The third kappa shape index (κ3) is 2.21. The number of benzene rings is 1. The van der Waals surface area contributed by atoms with Crippen molar-refractivity contribution in [3.8, 4) is 0 Å². The molecule has 1 heterocycles. The maximum atomic E-state index is 12.9. The van der Waals surface area contributed by atoms with E-state index in [4.69, 9.17) is 0 Å². The zero-order valence-corrected chi connectivity index (χ0v) is 8.52. The summed E-state index contributed by atoms with van der Waals surface area (Å²) >= 11 is 0. The molecule has 2 heteroatoms. The molecule has 1 aromatic carbocycles. The Kier molecular flexibility index (Phi) is 2.77. The minimum Gasteiger partial charge on any atom is -0.228 e. The van der Waals surface area contributed by atoms with Crippen molar-refractivity contribution >= 4 is 0 Å². The fraction of sp³-hybridized carbons (Fsp3) is 0.154. The van der Waals surface area contributed by atoms with Crippen molar-refractivity contribution in [2.75, 3.05) is 0 Å². The molecule has 2 aromatic rings. The minimum atomic E-state index is -0.421. The number of hydrogen-bond acceptors (Lipinski definition) is 1. The van der Waals surface area contributed by atoms with Crippen LogP contribution in [-0.4, -0.2) is 4.98 Å². The summed E-state index contributed by atoms with van der Waals surface area (Å²) in [5.41, 5.74) is 2.14. The third-order valence-electron chi connectivity index (χ3n) is 2.55. The first-order chi connectivity index (χ1) is 7.27. The Labute approximate surface area is 88.6 Å². The summed E-state index contributed by atoms with van der Waals surface area (Å²) in [5, 5.41) is 0. The van der Waals surface area contributed by atoms with E-state index in [9.17, 15) is 4.39 Å². The van der Waals surface area contributed by atoms with E-state index < -0.39 is 5.95 Å². The molecular weight excluding hydrogens is 189 g/mol. The molecular formula is C13H12FN. The Morgan fingerprint density at radius 1 is 1.07 bits per heavy atom. The summed E-state index contributed by atoms with van der Waals surface area (Å²) in [7, 11) is 0. The van der Waals surface area contributed by atoms with Crippen LogP contribution in [0, 0.1) is 5.95 Å². The van der Waals surface area contributed by atoms with Crippen LogP contribution in [0.1, 0.15) is 24.0 Å². The monoisotopic (exact) mass is 201 g/mol. The van der Waals surface area contributed by atoms with Gasteiger partial charge in [-0.25, -0.2) is 4.98 Å². The van der Waals surface area contributed by atoms with Crippen molar-refractivity contribution in [2.45, 2.75) is 12.8 Å². The molecule has 0 aliphatic carbocycles. The molecule has 76 valence electrons. The van der Waals surface area contributed by atoms with Gasteiger partial charge >= 0.3 is 0 Å². The highest BCUT2D eigenvalue weighted by Gasteiger charge is 2.08. The van der Waals surface area contributed by atoms with Crippen LogP contribution in [0.2, 0.25) is 0 Å². The number of halogens is 1. The predicted molar refractivity (Wildman–Crippen MR) is 58.2 cm³/mol. The van der Waals surface area contributed by atoms with E-state index in [0.29, 0.717) is 0 Å². The lowest BCUT2D eigenvalue weighted by Gasteiger charge is -2.11. The summed E-state index contributed by atoms with van der Waals surface area (Å²) in [5.74, 6) is -0.223. The first-order valence-corrected chi connectivity index (χ1v) is 4.94. The predicted octanol–water partition coefficient (Wildman–Crippen LogP) is 3.37. The van der Waals surface area contributed by atoms with Crippen LogP contribution in [0.3, 0.4) is 0 Å². The Morgan fingerprint density at radius 3 is 2.47 bits per heavy atom. The highest BCUT2D eigenvalue weighted by molar-refractivity contribution is 5.30. The number of pyridine rings is 1. The number of hydrogen-bond donors (Lipinski definition) is 0. The van der Waals surface area contributed by atoms with Gasteiger partial charge in [-0.2, -0.15) is 4.39 Å².